The van der Waals surface area contributed by atoms with Crippen LogP contribution in [0.5, 0.6) is 0 Å². The number of hydrogen-bond acceptors (Lipinski definition) is 3. The van der Waals surface area contributed by atoms with Gasteiger partial charge in [-0.05, 0) is 36.4 Å². The fourth-order valence-corrected chi connectivity index (χ4v) is 2.13. The smallest absolute Gasteiger partial charge is 0.354 e. The van der Waals surface area contributed by atoms with Gasteiger partial charge in [-0.15, -0.1) is 0 Å². The molecule has 0 saturated heterocycles. The Hall–Kier alpha value is -2.69. The zero-order valence-corrected chi connectivity index (χ0v) is 11.1. The van der Waals surface area contributed by atoms with Crippen LogP contribution in [0, 0.1) is 0 Å². The van der Waals surface area contributed by atoms with Crippen LogP contribution in [0.2, 0.25) is 0 Å². The number of hydrogen-bond donors (Lipinski definition) is 3. The fourth-order valence-electron chi connectivity index (χ4n) is 2.13. The molecule has 2 aromatic heterocycles. The molecule has 0 saturated carbocycles. The zero-order valence-electron chi connectivity index (χ0n) is 11.1. The third-order valence-corrected chi connectivity index (χ3v) is 3.19. The van der Waals surface area contributed by atoms with E-state index in [9.17, 15) is 4.79 Å². The van der Waals surface area contributed by atoms with Crippen LogP contribution in [0.3, 0.4) is 0 Å². The molecule has 5 nitrogen and oxygen atoms in total. The van der Waals surface area contributed by atoms with Crippen LogP contribution in [0.25, 0.3) is 10.9 Å². The summed E-state index contributed by atoms with van der Waals surface area (Å²) in [6, 6.07) is 11.8. The molecule has 20 heavy (non-hydrogen) atoms. The van der Waals surface area contributed by atoms with Crippen LogP contribution in [-0.4, -0.2) is 23.0 Å². The van der Waals surface area contributed by atoms with Gasteiger partial charge in [-0.25, -0.2) is 4.79 Å². The average Bonchev–Trinajstić information content (AvgIpc) is 3.12. The largest absolute Gasteiger partial charge is 0.464 e. The van der Waals surface area contributed by atoms with Crippen LogP contribution < -0.4 is 5.32 Å². The van der Waals surface area contributed by atoms with Crippen LogP contribution >= 0.6 is 0 Å². The van der Waals surface area contributed by atoms with Gasteiger partial charge in [-0.1, -0.05) is 0 Å². The van der Waals surface area contributed by atoms with Crippen molar-refractivity contribution in [1.82, 2.24) is 9.97 Å². The number of H-pyrrole nitrogens is 2. The van der Waals surface area contributed by atoms with Gasteiger partial charge in [0.25, 0.3) is 0 Å². The van der Waals surface area contributed by atoms with Crippen LogP contribution in [0.15, 0.2) is 42.6 Å². The van der Waals surface area contributed by atoms with Gasteiger partial charge in [-0.2, -0.15) is 0 Å². The fraction of sp³-hybridized carbons (Fsp3) is 0.133. The Morgan fingerprint density at radius 3 is 3.00 bits per heavy atom. The van der Waals surface area contributed by atoms with Crippen molar-refractivity contribution in [2.75, 3.05) is 12.4 Å². The standard InChI is InChI=1S/C15H15N3O2/c1-20-15(19)14-5-3-12(18-14)9-17-11-2-4-13-10(8-11)6-7-16-13/h2-8,16-18H,9H2,1H3. The Morgan fingerprint density at radius 2 is 2.15 bits per heavy atom. The highest BCUT2D eigenvalue weighted by Crippen LogP contribution is 2.18. The summed E-state index contributed by atoms with van der Waals surface area (Å²) in [5.41, 5.74) is 3.54. The van der Waals surface area contributed by atoms with Crippen LogP contribution in [-0.2, 0) is 11.3 Å². The first kappa shape index (κ1) is 12.3. The Bertz CT molecular complexity index is 742. The Morgan fingerprint density at radius 1 is 1.25 bits per heavy atom. The molecule has 3 N–H and O–H groups in total. The first-order valence-corrected chi connectivity index (χ1v) is 6.33. The summed E-state index contributed by atoms with van der Waals surface area (Å²) < 4.78 is 4.66. The number of aromatic amines is 2. The molecule has 3 aromatic rings. The maximum atomic E-state index is 11.3. The van der Waals surface area contributed by atoms with Crippen molar-refractivity contribution in [3.63, 3.8) is 0 Å². The first-order chi connectivity index (χ1) is 9.76. The van der Waals surface area contributed by atoms with E-state index < -0.39 is 0 Å². The molecule has 0 bridgehead atoms. The number of carbonyl (C=O) groups excluding carboxylic acids is 1. The minimum Gasteiger partial charge on any atom is -0.464 e. The highest BCUT2D eigenvalue weighted by atomic mass is 16.5. The molecule has 0 spiro atoms. The van der Waals surface area contributed by atoms with Crippen molar-refractivity contribution in [2.45, 2.75) is 6.54 Å². The molecule has 0 atom stereocenters. The second-order valence-corrected chi connectivity index (χ2v) is 4.52. The van der Waals surface area contributed by atoms with E-state index in [0.717, 1.165) is 22.3 Å². The molecule has 1 aromatic carbocycles. The van der Waals surface area contributed by atoms with E-state index in [1.54, 1.807) is 6.07 Å². The van der Waals surface area contributed by atoms with Crippen molar-refractivity contribution >= 4 is 22.6 Å². The topological polar surface area (TPSA) is 69.9 Å². The normalized spacial score (nSPS) is 10.7. The predicted molar refractivity (Wildman–Crippen MR) is 77.8 cm³/mol. The van der Waals surface area contributed by atoms with Gasteiger partial charge in [0.2, 0.25) is 0 Å². The average molecular weight is 269 g/mol. The highest BCUT2D eigenvalue weighted by Gasteiger charge is 2.07. The maximum absolute atomic E-state index is 11.3. The molecule has 0 unspecified atom stereocenters. The second kappa shape index (κ2) is 5.13. The summed E-state index contributed by atoms with van der Waals surface area (Å²) >= 11 is 0. The lowest BCUT2D eigenvalue weighted by atomic mass is 10.2. The predicted octanol–water partition coefficient (Wildman–Crippen LogP) is 2.89. The Labute approximate surface area is 116 Å². The number of methoxy groups -OCH3 is 1. The minimum atomic E-state index is -0.356. The van der Waals surface area contributed by atoms with Gasteiger partial charge in [0.05, 0.1) is 13.7 Å². The minimum absolute atomic E-state index is 0.356. The van der Waals surface area contributed by atoms with E-state index in [0.29, 0.717) is 12.2 Å². The van der Waals surface area contributed by atoms with Crippen molar-refractivity contribution in [1.29, 1.82) is 0 Å². The summed E-state index contributed by atoms with van der Waals surface area (Å²) in [4.78, 5) is 17.5. The second-order valence-electron chi connectivity index (χ2n) is 4.52. The third-order valence-electron chi connectivity index (χ3n) is 3.19. The molecule has 0 amide bonds. The molecule has 5 heteroatoms. The van der Waals surface area contributed by atoms with Crippen molar-refractivity contribution in [2.24, 2.45) is 0 Å². The molecule has 102 valence electrons. The Balaban J connectivity index is 1.69. The number of ether oxygens (including phenoxy) is 1. The van der Waals surface area contributed by atoms with E-state index in [4.69, 9.17) is 0 Å². The van der Waals surface area contributed by atoms with E-state index in [1.807, 2.05) is 30.5 Å². The molecule has 0 aliphatic heterocycles. The first-order valence-electron chi connectivity index (χ1n) is 6.33. The summed E-state index contributed by atoms with van der Waals surface area (Å²) in [5.74, 6) is -0.356. The van der Waals surface area contributed by atoms with Crippen molar-refractivity contribution in [3.8, 4) is 0 Å². The van der Waals surface area contributed by atoms with E-state index in [2.05, 4.69) is 26.1 Å². The lowest BCUT2D eigenvalue weighted by molar-refractivity contribution is 0.0594. The lowest BCUT2D eigenvalue weighted by Crippen LogP contribution is -2.03. The monoisotopic (exact) mass is 269 g/mol. The number of benzene rings is 1. The molecule has 0 fully saturated rings. The summed E-state index contributed by atoms with van der Waals surface area (Å²) in [7, 11) is 1.37. The summed E-state index contributed by atoms with van der Waals surface area (Å²) in [5, 5.41) is 4.48. The number of aromatic nitrogens is 2. The number of carbonyl (C=O) groups is 1. The lowest BCUT2D eigenvalue weighted by Gasteiger charge is -2.05. The van der Waals surface area contributed by atoms with Crippen LogP contribution in [0.1, 0.15) is 16.2 Å². The van der Waals surface area contributed by atoms with Crippen molar-refractivity contribution in [3.05, 3.63) is 54.0 Å². The summed E-state index contributed by atoms with van der Waals surface area (Å²) in [6.45, 7) is 0.618. The van der Waals surface area contributed by atoms with Gasteiger partial charge >= 0.3 is 5.97 Å². The molecule has 0 aliphatic carbocycles. The van der Waals surface area contributed by atoms with E-state index in [1.165, 1.54) is 7.11 Å². The van der Waals surface area contributed by atoms with Gasteiger partial charge in [0.1, 0.15) is 5.69 Å². The molecular weight excluding hydrogens is 254 g/mol. The molecular formula is C15H15N3O2. The molecule has 0 aliphatic rings. The number of anilines is 1. The molecule has 2 heterocycles. The van der Waals surface area contributed by atoms with Gasteiger partial charge < -0.3 is 20.0 Å². The number of rotatable bonds is 4. The van der Waals surface area contributed by atoms with Gasteiger partial charge in [-0.3, -0.25) is 0 Å². The number of fused-ring (bicyclic) bond motifs is 1. The van der Waals surface area contributed by atoms with Gasteiger partial charge in [0.15, 0.2) is 0 Å². The Kier molecular flexibility index (Phi) is 3.16. The van der Waals surface area contributed by atoms with Crippen molar-refractivity contribution < 1.29 is 9.53 Å². The van der Waals surface area contributed by atoms with E-state index in [-0.39, 0.29) is 5.97 Å². The zero-order chi connectivity index (χ0) is 13.9. The number of nitrogens with one attached hydrogen (secondary N) is 3. The third kappa shape index (κ3) is 2.38. The molecule has 0 radical (unpaired) electrons. The highest BCUT2D eigenvalue weighted by molar-refractivity contribution is 5.87. The summed E-state index contributed by atoms with van der Waals surface area (Å²) in [6.07, 6.45) is 1.92. The quantitative estimate of drug-likeness (QED) is 0.638. The van der Waals surface area contributed by atoms with Gasteiger partial charge in [0, 0.05) is 28.5 Å². The van der Waals surface area contributed by atoms with Crippen LogP contribution in [0.4, 0.5) is 5.69 Å². The number of esters is 1. The molecule has 3 rings (SSSR count). The maximum Gasteiger partial charge on any atom is 0.354 e. The SMILES string of the molecule is COC(=O)c1ccc(CNc2ccc3[nH]ccc3c2)[nH]1. The van der Waals surface area contributed by atoms with E-state index >= 15 is 0 Å².